The van der Waals surface area contributed by atoms with Gasteiger partial charge in [0.2, 0.25) is 0 Å². The van der Waals surface area contributed by atoms with Gasteiger partial charge in [-0.25, -0.2) is 9.79 Å². The fourth-order valence-electron chi connectivity index (χ4n) is 3.77. The molecule has 2 aromatic carbocycles. The van der Waals surface area contributed by atoms with Crippen LogP contribution in [0, 0.1) is 0 Å². The summed E-state index contributed by atoms with van der Waals surface area (Å²) in [6, 6.07) is 14.0. The topological polar surface area (TPSA) is 69.9 Å². The van der Waals surface area contributed by atoms with Crippen molar-refractivity contribution in [3.8, 4) is 5.75 Å². The number of halogens is 1. The van der Waals surface area contributed by atoms with Crippen molar-refractivity contribution in [2.45, 2.75) is 26.8 Å². The largest absolute Gasteiger partial charge is 0.494 e. The van der Waals surface area contributed by atoms with Crippen LogP contribution in [0.3, 0.4) is 0 Å². The zero-order valence-corrected chi connectivity index (χ0v) is 20.1. The molecule has 1 aromatic heterocycles. The minimum absolute atomic E-state index is 0.227. The lowest BCUT2D eigenvalue weighted by atomic mass is 9.96. The van der Waals surface area contributed by atoms with Crippen molar-refractivity contribution in [3.63, 3.8) is 0 Å². The summed E-state index contributed by atoms with van der Waals surface area (Å²) in [5, 5.41) is 0.587. The molecular formula is C25H23ClN2O4S. The average molecular weight is 483 g/mol. The molecule has 170 valence electrons. The van der Waals surface area contributed by atoms with Crippen LogP contribution >= 0.6 is 22.9 Å². The summed E-state index contributed by atoms with van der Waals surface area (Å²) < 4.78 is 12.9. The number of thiazole rings is 1. The van der Waals surface area contributed by atoms with Crippen LogP contribution in [-0.2, 0) is 9.53 Å². The highest BCUT2D eigenvalue weighted by Crippen LogP contribution is 2.31. The number of carbonyl (C=O) groups is 1. The molecule has 8 heteroatoms. The van der Waals surface area contributed by atoms with Crippen molar-refractivity contribution >= 4 is 35.0 Å². The molecule has 0 saturated heterocycles. The monoisotopic (exact) mass is 482 g/mol. The van der Waals surface area contributed by atoms with Crippen LogP contribution in [0.5, 0.6) is 5.75 Å². The molecule has 0 spiro atoms. The van der Waals surface area contributed by atoms with Crippen LogP contribution in [0.2, 0.25) is 5.02 Å². The quantitative estimate of drug-likeness (QED) is 0.500. The van der Waals surface area contributed by atoms with E-state index in [4.69, 9.17) is 21.1 Å². The fraction of sp³-hybridized carbons (Fsp3) is 0.240. The van der Waals surface area contributed by atoms with Gasteiger partial charge in [-0.3, -0.25) is 9.36 Å². The SMILES string of the molecule is CCOC(=O)C1=C(C)N=c2s/c(=C\c3cccc(Cl)c3)c(=O)n2[C@@H]1c1ccc(OCC)cc1. The maximum Gasteiger partial charge on any atom is 0.338 e. The first-order chi connectivity index (χ1) is 15.9. The summed E-state index contributed by atoms with van der Waals surface area (Å²) in [4.78, 5) is 31.6. The van der Waals surface area contributed by atoms with Crippen LogP contribution in [-0.4, -0.2) is 23.8 Å². The Hall–Kier alpha value is -3.16. The molecule has 0 N–H and O–H groups in total. The van der Waals surface area contributed by atoms with E-state index in [1.807, 2.05) is 43.3 Å². The van der Waals surface area contributed by atoms with Crippen LogP contribution in [0.25, 0.3) is 6.08 Å². The highest BCUT2D eigenvalue weighted by molar-refractivity contribution is 7.07. The molecular weight excluding hydrogens is 460 g/mol. The Balaban J connectivity index is 1.92. The number of benzene rings is 2. The first-order valence-corrected chi connectivity index (χ1v) is 11.8. The van der Waals surface area contributed by atoms with Crippen molar-refractivity contribution in [1.82, 2.24) is 4.57 Å². The van der Waals surface area contributed by atoms with Crippen LogP contribution in [0.15, 0.2) is 69.6 Å². The molecule has 0 bridgehead atoms. The summed E-state index contributed by atoms with van der Waals surface area (Å²) in [6.45, 7) is 6.20. The highest BCUT2D eigenvalue weighted by Gasteiger charge is 2.33. The normalized spacial score (nSPS) is 15.8. The Labute approximate surface area is 200 Å². The number of hydrogen-bond donors (Lipinski definition) is 0. The number of ether oxygens (including phenoxy) is 2. The van der Waals surface area contributed by atoms with Gasteiger partial charge in [-0.05, 0) is 62.2 Å². The minimum atomic E-state index is -0.655. The molecule has 3 aromatic rings. The van der Waals surface area contributed by atoms with E-state index >= 15 is 0 Å². The van der Waals surface area contributed by atoms with Gasteiger partial charge < -0.3 is 9.47 Å². The smallest absolute Gasteiger partial charge is 0.338 e. The maximum absolute atomic E-state index is 13.5. The van der Waals surface area contributed by atoms with E-state index in [1.54, 1.807) is 36.6 Å². The highest BCUT2D eigenvalue weighted by atomic mass is 35.5. The van der Waals surface area contributed by atoms with Gasteiger partial charge in [0.05, 0.1) is 35.1 Å². The number of hydrogen-bond acceptors (Lipinski definition) is 6. The molecule has 33 heavy (non-hydrogen) atoms. The number of esters is 1. The minimum Gasteiger partial charge on any atom is -0.494 e. The standard InChI is InChI=1S/C25H23ClN2O4S/c1-4-31-19-11-9-17(10-12-19)22-21(24(30)32-5-2)15(3)27-25-28(22)23(29)20(33-25)14-16-7-6-8-18(26)13-16/h6-14,22H,4-5H2,1-3H3/b20-14-/t22-/m1/s1. The summed E-state index contributed by atoms with van der Waals surface area (Å²) in [5.74, 6) is 0.231. The third-order valence-electron chi connectivity index (χ3n) is 5.17. The number of fused-ring (bicyclic) bond motifs is 1. The number of nitrogens with zero attached hydrogens (tertiary/aromatic N) is 2. The molecule has 0 amide bonds. The molecule has 6 nitrogen and oxygen atoms in total. The van der Waals surface area contributed by atoms with Gasteiger partial charge in [0.15, 0.2) is 4.80 Å². The van der Waals surface area contributed by atoms with Crippen LogP contribution in [0.1, 0.15) is 37.9 Å². The summed E-state index contributed by atoms with van der Waals surface area (Å²) in [5.41, 5.74) is 2.23. The second-order valence-corrected chi connectivity index (χ2v) is 8.80. The van der Waals surface area contributed by atoms with Gasteiger partial charge in [-0.1, -0.05) is 47.2 Å². The first-order valence-electron chi connectivity index (χ1n) is 10.6. The molecule has 2 heterocycles. The maximum atomic E-state index is 13.5. The van der Waals surface area contributed by atoms with E-state index in [0.717, 1.165) is 11.1 Å². The zero-order chi connectivity index (χ0) is 23.5. The lowest BCUT2D eigenvalue weighted by Gasteiger charge is -2.24. The van der Waals surface area contributed by atoms with Gasteiger partial charge in [0, 0.05) is 5.02 Å². The van der Waals surface area contributed by atoms with E-state index in [-0.39, 0.29) is 12.2 Å². The summed E-state index contributed by atoms with van der Waals surface area (Å²) in [7, 11) is 0. The van der Waals surface area contributed by atoms with E-state index in [2.05, 4.69) is 4.99 Å². The second kappa shape index (κ2) is 9.77. The molecule has 1 aliphatic heterocycles. The van der Waals surface area contributed by atoms with Crippen molar-refractivity contribution in [1.29, 1.82) is 0 Å². The number of allylic oxidation sites excluding steroid dienone is 1. The molecule has 4 rings (SSSR count). The van der Waals surface area contributed by atoms with Crippen molar-refractivity contribution < 1.29 is 14.3 Å². The van der Waals surface area contributed by atoms with E-state index in [1.165, 1.54) is 11.3 Å². The van der Waals surface area contributed by atoms with E-state index < -0.39 is 12.0 Å². The number of aromatic nitrogens is 1. The lowest BCUT2D eigenvalue weighted by Crippen LogP contribution is -2.39. The Morgan fingerprint density at radius 1 is 1.18 bits per heavy atom. The molecule has 0 unspecified atom stereocenters. The van der Waals surface area contributed by atoms with E-state index in [9.17, 15) is 9.59 Å². The third-order valence-corrected chi connectivity index (χ3v) is 6.39. The van der Waals surface area contributed by atoms with Gasteiger partial charge in [0.1, 0.15) is 5.75 Å². The Morgan fingerprint density at radius 3 is 2.61 bits per heavy atom. The van der Waals surface area contributed by atoms with Gasteiger partial charge >= 0.3 is 5.97 Å². The Morgan fingerprint density at radius 2 is 1.94 bits per heavy atom. The van der Waals surface area contributed by atoms with Gasteiger partial charge in [-0.2, -0.15) is 0 Å². The Bertz CT molecular complexity index is 1400. The third kappa shape index (κ3) is 4.65. The molecule has 0 radical (unpaired) electrons. The molecule has 1 aliphatic rings. The number of rotatable bonds is 6. The van der Waals surface area contributed by atoms with Gasteiger partial charge in [-0.15, -0.1) is 0 Å². The van der Waals surface area contributed by atoms with Crippen molar-refractivity contribution in [3.05, 3.63) is 95.6 Å². The second-order valence-electron chi connectivity index (χ2n) is 7.36. The van der Waals surface area contributed by atoms with Crippen LogP contribution < -0.4 is 19.6 Å². The van der Waals surface area contributed by atoms with Gasteiger partial charge in [0.25, 0.3) is 5.56 Å². The molecule has 0 fully saturated rings. The zero-order valence-electron chi connectivity index (χ0n) is 18.5. The van der Waals surface area contributed by atoms with Crippen LogP contribution in [0.4, 0.5) is 0 Å². The summed E-state index contributed by atoms with van der Waals surface area (Å²) >= 11 is 7.38. The van der Waals surface area contributed by atoms with E-state index in [0.29, 0.717) is 38.0 Å². The lowest BCUT2D eigenvalue weighted by molar-refractivity contribution is -0.139. The van der Waals surface area contributed by atoms with Crippen molar-refractivity contribution in [2.24, 2.45) is 4.99 Å². The average Bonchev–Trinajstić information content (AvgIpc) is 3.08. The van der Waals surface area contributed by atoms with Crippen molar-refractivity contribution in [2.75, 3.05) is 13.2 Å². The molecule has 0 saturated carbocycles. The predicted octanol–water partition coefficient (Wildman–Crippen LogP) is 3.85. The Kier molecular flexibility index (Phi) is 6.81. The predicted molar refractivity (Wildman–Crippen MR) is 129 cm³/mol. The molecule has 1 atom stereocenters. The molecule has 0 aliphatic carbocycles. The first kappa shape index (κ1) is 23.0. The number of carbonyl (C=O) groups excluding carboxylic acids is 1. The fourth-order valence-corrected chi connectivity index (χ4v) is 5.01. The summed E-state index contributed by atoms with van der Waals surface area (Å²) in [6.07, 6.45) is 1.79.